The molecule has 1 unspecified atom stereocenters. The van der Waals surface area contributed by atoms with E-state index in [4.69, 9.17) is 41.7 Å². The third-order valence-corrected chi connectivity index (χ3v) is 8.61. The Labute approximate surface area is 187 Å². The van der Waals surface area contributed by atoms with Crippen molar-refractivity contribution in [1.82, 2.24) is 0 Å². The third-order valence-electron chi connectivity index (χ3n) is 5.45. The summed E-state index contributed by atoms with van der Waals surface area (Å²) in [4.78, 5) is 0. The van der Waals surface area contributed by atoms with Crippen LogP contribution in [0, 0.1) is 0 Å². The number of rotatable bonds is 12. The van der Waals surface area contributed by atoms with Crippen molar-refractivity contribution in [3.05, 3.63) is 0 Å². The normalized spacial score (nSPS) is 34.4. The molecule has 9 nitrogen and oxygen atoms in total. The number of hydrogen-bond acceptors (Lipinski definition) is 9. The highest BCUT2D eigenvalue weighted by atomic mass is 28.4. The Morgan fingerprint density at radius 1 is 0.839 bits per heavy atom. The van der Waals surface area contributed by atoms with E-state index in [2.05, 4.69) is 0 Å². The zero-order valence-corrected chi connectivity index (χ0v) is 21.0. The van der Waals surface area contributed by atoms with Crippen LogP contribution in [0.4, 0.5) is 0 Å². The van der Waals surface area contributed by atoms with Gasteiger partial charge in [-0.2, -0.15) is 0 Å². The quantitative estimate of drug-likeness (QED) is 0.320. The Morgan fingerprint density at radius 3 is 2.03 bits per heavy atom. The molecule has 0 aromatic rings. The average Bonchev–Trinajstić information content (AvgIpc) is 3.28. The van der Waals surface area contributed by atoms with Gasteiger partial charge in [-0.1, -0.05) is 0 Å². The average molecular weight is 465 g/mol. The monoisotopic (exact) mass is 464 g/mol. The molecule has 3 aliphatic rings. The minimum Gasteiger partial charge on any atom is -0.374 e. The SMILES string of the molecule is CCO[Si](CCCO[C@@H]1[C@H]2OC(C)(C)O[C@H]2O[C@@H]1C1COC(C)(C)O1)(OCC)OCC. The number of fused-ring (bicyclic) bond motifs is 1. The maximum Gasteiger partial charge on any atom is 0.501 e. The van der Waals surface area contributed by atoms with Crippen LogP contribution < -0.4 is 0 Å². The second kappa shape index (κ2) is 10.4. The van der Waals surface area contributed by atoms with Gasteiger partial charge in [-0.15, -0.1) is 0 Å². The van der Waals surface area contributed by atoms with Crippen molar-refractivity contribution in [2.75, 3.05) is 33.0 Å². The highest BCUT2D eigenvalue weighted by molar-refractivity contribution is 6.60. The van der Waals surface area contributed by atoms with E-state index in [1.165, 1.54) is 0 Å². The van der Waals surface area contributed by atoms with Gasteiger partial charge in [-0.3, -0.25) is 0 Å². The topological polar surface area (TPSA) is 83.1 Å². The van der Waals surface area contributed by atoms with E-state index in [9.17, 15) is 0 Å². The van der Waals surface area contributed by atoms with Crippen LogP contribution in [0.25, 0.3) is 0 Å². The standard InChI is InChI=1S/C21H40O9Si/c1-8-24-31(25-9-2,26-10-3)13-11-12-22-17-16(15-14-23-20(4,5)28-15)27-19-18(17)29-21(6,7)30-19/h15-19H,8-14H2,1-7H3/t15?,16-,17+,18-,19-/m1/s1. The molecule has 0 spiro atoms. The molecule has 0 aliphatic carbocycles. The predicted molar refractivity (Wildman–Crippen MR) is 113 cm³/mol. The second-order valence-electron chi connectivity index (χ2n) is 8.86. The summed E-state index contributed by atoms with van der Waals surface area (Å²) in [7, 11) is -2.70. The van der Waals surface area contributed by atoms with Gasteiger partial charge in [-0.25, -0.2) is 0 Å². The van der Waals surface area contributed by atoms with E-state index >= 15 is 0 Å². The number of hydrogen-bond donors (Lipinski definition) is 0. The lowest BCUT2D eigenvalue weighted by atomic mass is 10.1. The van der Waals surface area contributed by atoms with Gasteiger partial charge in [0.25, 0.3) is 0 Å². The maximum absolute atomic E-state index is 6.32. The largest absolute Gasteiger partial charge is 0.501 e. The lowest BCUT2D eigenvalue weighted by molar-refractivity contribution is -0.235. The van der Waals surface area contributed by atoms with Gasteiger partial charge in [0, 0.05) is 32.5 Å². The van der Waals surface area contributed by atoms with E-state index in [-0.39, 0.29) is 24.4 Å². The van der Waals surface area contributed by atoms with Crippen LogP contribution in [-0.4, -0.2) is 84.1 Å². The van der Waals surface area contributed by atoms with Crippen LogP contribution in [0.3, 0.4) is 0 Å². The first-order valence-electron chi connectivity index (χ1n) is 11.5. The first-order valence-corrected chi connectivity index (χ1v) is 13.4. The first kappa shape index (κ1) is 25.5. The summed E-state index contributed by atoms with van der Waals surface area (Å²) < 4.78 is 54.1. The van der Waals surface area contributed by atoms with E-state index in [0.29, 0.717) is 39.1 Å². The van der Waals surface area contributed by atoms with Gasteiger partial charge in [0.1, 0.15) is 24.4 Å². The lowest BCUT2D eigenvalue weighted by Gasteiger charge is -2.30. The van der Waals surface area contributed by atoms with E-state index in [0.717, 1.165) is 6.42 Å². The molecule has 5 atom stereocenters. The van der Waals surface area contributed by atoms with Crippen LogP contribution in [0.2, 0.25) is 6.04 Å². The fourth-order valence-corrected chi connectivity index (χ4v) is 6.96. The molecular weight excluding hydrogens is 424 g/mol. The first-order chi connectivity index (χ1) is 14.6. The van der Waals surface area contributed by atoms with Crippen LogP contribution in [-0.2, 0) is 41.7 Å². The highest BCUT2D eigenvalue weighted by Crippen LogP contribution is 2.42. The molecule has 0 bridgehead atoms. The van der Waals surface area contributed by atoms with Crippen LogP contribution in [0.15, 0.2) is 0 Å². The third kappa shape index (κ3) is 6.26. The molecule has 3 aliphatic heterocycles. The number of ether oxygens (including phenoxy) is 6. The van der Waals surface area contributed by atoms with Crippen molar-refractivity contribution in [3.63, 3.8) is 0 Å². The zero-order valence-electron chi connectivity index (χ0n) is 20.0. The van der Waals surface area contributed by atoms with Crippen molar-refractivity contribution >= 4 is 8.80 Å². The van der Waals surface area contributed by atoms with E-state index in [1.807, 2.05) is 48.5 Å². The minimum atomic E-state index is -2.70. The van der Waals surface area contributed by atoms with Crippen LogP contribution in [0.1, 0.15) is 54.9 Å². The molecule has 0 N–H and O–H groups in total. The molecule has 0 aromatic heterocycles. The lowest BCUT2D eigenvalue weighted by Crippen LogP contribution is -2.46. The summed E-state index contributed by atoms with van der Waals surface area (Å²) in [5, 5.41) is 0. The van der Waals surface area contributed by atoms with Crippen molar-refractivity contribution in [3.8, 4) is 0 Å². The maximum atomic E-state index is 6.32. The van der Waals surface area contributed by atoms with Gasteiger partial charge in [0.05, 0.1) is 6.61 Å². The van der Waals surface area contributed by atoms with Crippen molar-refractivity contribution < 1.29 is 41.7 Å². The molecule has 0 saturated carbocycles. The Bertz CT molecular complexity index is 556. The summed E-state index contributed by atoms with van der Waals surface area (Å²) >= 11 is 0. The summed E-state index contributed by atoms with van der Waals surface area (Å²) in [5.41, 5.74) is 0. The molecule has 3 saturated heterocycles. The minimum absolute atomic E-state index is 0.246. The highest BCUT2D eigenvalue weighted by Gasteiger charge is 2.59. The zero-order chi connectivity index (χ0) is 22.7. The molecule has 3 fully saturated rings. The molecule has 31 heavy (non-hydrogen) atoms. The molecule has 3 rings (SSSR count). The van der Waals surface area contributed by atoms with Crippen molar-refractivity contribution in [2.24, 2.45) is 0 Å². The summed E-state index contributed by atoms with van der Waals surface area (Å²) in [6.07, 6.45) is -0.965. The Hall–Kier alpha value is -0.143. The van der Waals surface area contributed by atoms with Crippen LogP contribution in [0.5, 0.6) is 0 Å². The molecule has 182 valence electrons. The van der Waals surface area contributed by atoms with Gasteiger partial charge in [0.15, 0.2) is 17.9 Å². The van der Waals surface area contributed by atoms with E-state index in [1.54, 1.807) is 0 Å². The molecule has 3 heterocycles. The summed E-state index contributed by atoms with van der Waals surface area (Å²) in [5.74, 6) is -1.36. The Kier molecular flexibility index (Phi) is 8.56. The summed E-state index contributed by atoms with van der Waals surface area (Å²) in [6.45, 7) is 16.0. The van der Waals surface area contributed by atoms with Gasteiger partial charge >= 0.3 is 8.80 Å². The van der Waals surface area contributed by atoms with Crippen molar-refractivity contribution in [1.29, 1.82) is 0 Å². The van der Waals surface area contributed by atoms with Crippen LogP contribution >= 0.6 is 0 Å². The Morgan fingerprint density at radius 2 is 1.48 bits per heavy atom. The van der Waals surface area contributed by atoms with Gasteiger partial charge in [0.2, 0.25) is 0 Å². The van der Waals surface area contributed by atoms with Gasteiger partial charge < -0.3 is 41.7 Å². The summed E-state index contributed by atoms with van der Waals surface area (Å²) in [6, 6.07) is 0.688. The van der Waals surface area contributed by atoms with Crippen molar-refractivity contribution in [2.45, 2.75) is 103 Å². The molecular formula is C21H40O9Si. The second-order valence-corrected chi connectivity index (χ2v) is 11.6. The predicted octanol–water partition coefficient (Wildman–Crippen LogP) is 2.84. The Balaban J connectivity index is 1.61. The molecule has 10 heteroatoms. The fourth-order valence-electron chi connectivity index (χ4n) is 4.38. The van der Waals surface area contributed by atoms with E-state index < -0.39 is 26.7 Å². The molecule has 0 aromatic carbocycles. The van der Waals surface area contributed by atoms with Gasteiger partial charge in [-0.05, 0) is 54.9 Å². The fraction of sp³-hybridized carbons (Fsp3) is 1.00. The molecule has 0 amide bonds. The molecule has 0 radical (unpaired) electrons. The smallest absolute Gasteiger partial charge is 0.374 e.